The largest absolute Gasteiger partial charge is 0.494 e. The third-order valence-corrected chi connectivity index (χ3v) is 8.25. The van der Waals surface area contributed by atoms with Gasteiger partial charge >= 0.3 is 0 Å². The Morgan fingerprint density at radius 3 is 2.88 bits per heavy atom. The fourth-order valence-corrected chi connectivity index (χ4v) is 6.25. The molecule has 3 heterocycles. The van der Waals surface area contributed by atoms with Gasteiger partial charge in [0.2, 0.25) is 5.91 Å². The van der Waals surface area contributed by atoms with E-state index in [-0.39, 0.29) is 5.41 Å². The number of anilines is 3. The topological polar surface area (TPSA) is 117 Å². The monoisotopic (exact) mass is 464 g/mol. The van der Waals surface area contributed by atoms with Crippen LogP contribution in [0, 0.1) is 10.8 Å². The molecule has 2 aromatic heterocycles. The molecule has 2 aliphatic rings. The van der Waals surface area contributed by atoms with Crippen LogP contribution < -0.4 is 15.8 Å². The van der Waals surface area contributed by atoms with Crippen LogP contribution in [0.1, 0.15) is 42.2 Å². The highest BCUT2D eigenvalue weighted by atomic mass is 32.1. The van der Waals surface area contributed by atoms with Gasteiger partial charge in [-0.1, -0.05) is 6.92 Å². The number of fused-ring (bicyclic) bond motifs is 3. The lowest BCUT2D eigenvalue weighted by Gasteiger charge is -2.42. The van der Waals surface area contributed by atoms with Crippen molar-refractivity contribution in [2.24, 2.45) is 5.41 Å². The summed E-state index contributed by atoms with van der Waals surface area (Å²) in [5.74, 6) is 1.60. The van der Waals surface area contributed by atoms with Crippen molar-refractivity contribution in [1.29, 1.82) is 5.41 Å². The summed E-state index contributed by atoms with van der Waals surface area (Å²) in [5.41, 5.74) is 8.72. The van der Waals surface area contributed by atoms with Crippen LogP contribution in [0.25, 0.3) is 10.2 Å². The molecule has 1 aromatic carbocycles. The van der Waals surface area contributed by atoms with E-state index in [0.29, 0.717) is 34.4 Å². The van der Waals surface area contributed by atoms with Crippen LogP contribution in [-0.2, 0) is 17.6 Å². The number of amides is 1. The third-order valence-electron chi connectivity index (χ3n) is 7.11. The Kier molecular flexibility index (Phi) is 5.44. The van der Waals surface area contributed by atoms with Crippen LogP contribution in [0.2, 0.25) is 0 Å². The normalized spacial score (nSPS) is 19.6. The lowest BCUT2D eigenvalue weighted by atomic mass is 9.70. The van der Waals surface area contributed by atoms with Crippen molar-refractivity contribution in [2.75, 3.05) is 31.2 Å². The van der Waals surface area contributed by atoms with Gasteiger partial charge in [-0.25, -0.2) is 9.97 Å². The van der Waals surface area contributed by atoms with E-state index in [1.54, 1.807) is 36.9 Å². The number of aromatic nitrogens is 2. The molecular weight excluding hydrogens is 436 g/mol. The summed E-state index contributed by atoms with van der Waals surface area (Å²) >= 11 is 1.67. The van der Waals surface area contributed by atoms with Crippen LogP contribution >= 0.6 is 11.3 Å². The molecule has 33 heavy (non-hydrogen) atoms. The van der Waals surface area contributed by atoms with E-state index in [1.807, 2.05) is 4.90 Å². The number of likely N-dealkylation sites (tertiary alicyclic amines) is 1. The maximum atomic E-state index is 13.3. The van der Waals surface area contributed by atoms with Crippen molar-refractivity contribution in [3.63, 3.8) is 0 Å². The number of nitrogen functional groups attached to an aromatic ring is 1. The molecule has 172 valence electrons. The summed E-state index contributed by atoms with van der Waals surface area (Å²) in [6, 6.07) is 3.50. The summed E-state index contributed by atoms with van der Waals surface area (Å²) in [5, 5.41) is 12.0. The first-order valence-electron chi connectivity index (χ1n) is 11.3. The molecule has 1 aliphatic heterocycles. The molecule has 4 N–H and O–H groups in total. The van der Waals surface area contributed by atoms with Gasteiger partial charge in [0.15, 0.2) is 0 Å². The number of benzene rings is 1. The van der Waals surface area contributed by atoms with Crippen LogP contribution in [0.15, 0.2) is 18.5 Å². The molecule has 9 heteroatoms. The predicted molar refractivity (Wildman–Crippen MR) is 132 cm³/mol. The number of nitrogens with one attached hydrogen (secondary N) is 2. The smallest absolute Gasteiger partial charge is 0.229 e. The Hall–Kier alpha value is -3.20. The second-order valence-corrected chi connectivity index (χ2v) is 9.90. The molecule has 0 spiro atoms. The SMILES string of the molecule is CCC1(C(=O)N2CCC2)CCc2c(sc3ncnc(Nc4cc(C=N)c(N)cc4OC)c23)C1. The number of hydrogen-bond acceptors (Lipinski definition) is 8. The quantitative estimate of drug-likeness (QED) is 0.373. The Bertz CT molecular complexity index is 1250. The Balaban J connectivity index is 1.54. The molecule has 0 radical (unpaired) electrons. The summed E-state index contributed by atoms with van der Waals surface area (Å²) in [6.45, 7) is 3.91. The van der Waals surface area contributed by atoms with Gasteiger partial charge < -0.3 is 26.1 Å². The minimum absolute atomic E-state index is 0.311. The van der Waals surface area contributed by atoms with Crippen molar-refractivity contribution >= 4 is 50.9 Å². The average Bonchev–Trinajstić information content (AvgIpc) is 3.16. The number of nitrogens with two attached hydrogens (primary N) is 1. The van der Waals surface area contributed by atoms with Gasteiger partial charge in [-0.15, -0.1) is 11.3 Å². The summed E-state index contributed by atoms with van der Waals surface area (Å²) < 4.78 is 5.51. The first kappa shape index (κ1) is 21.6. The molecule has 8 nitrogen and oxygen atoms in total. The fraction of sp³-hybridized carbons (Fsp3) is 0.417. The van der Waals surface area contributed by atoms with Gasteiger partial charge in [0.1, 0.15) is 22.7 Å². The van der Waals surface area contributed by atoms with Gasteiger partial charge in [-0.2, -0.15) is 0 Å². The van der Waals surface area contributed by atoms with Crippen LogP contribution in [0.4, 0.5) is 17.2 Å². The van der Waals surface area contributed by atoms with E-state index in [9.17, 15) is 4.79 Å². The average molecular weight is 465 g/mol. The zero-order valence-electron chi connectivity index (χ0n) is 18.9. The molecule has 1 atom stereocenters. The number of rotatable bonds is 6. The standard InChI is InChI=1S/C24H28N6O2S/c1-3-24(23(31)30-7-4-8-30)6-5-15-19(11-24)33-22-20(15)21(27-13-28-22)29-17-9-14(12-25)16(26)10-18(17)32-2/h9-10,12-13,25H,3-8,11,26H2,1-2H3,(H,27,28,29). The Morgan fingerprint density at radius 1 is 1.39 bits per heavy atom. The lowest BCUT2D eigenvalue weighted by molar-refractivity contribution is -0.147. The molecule has 1 aliphatic carbocycles. The molecule has 0 bridgehead atoms. The van der Waals surface area contributed by atoms with Gasteiger partial charge in [0.05, 0.1) is 23.6 Å². The fourth-order valence-electron chi connectivity index (χ4n) is 4.92. The highest BCUT2D eigenvalue weighted by Crippen LogP contribution is 2.47. The van der Waals surface area contributed by atoms with E-state index in [2.05, 4.69) is 22.2 Å². The predicted octanol–water partition coefficient (Wildman–Crippen LogP) is 4.14. The van der Waals surface area contributed by atoms with E-state index in [0.717, 1.165) is 55.4 Å². The van der Waals surface area contributed by atoms with Gasteiger partial charge in [0, 0.05) is 41.5 Å². The highest BCUT2D eigenvalue weighted by Gasteiger charge is 2.44. The zero-order chi connectivity index (χ0) is 23.2. The molecule has 1 fully saturated rings. The van der Waals surface area contributed by atoms with Crippen LogP contribution in [0.3, 0.4) is 0 Å². The number of hydrogen-bond donors (Lipinski definition) is 3. The number of nitrogens with zero attached hydrogens (tertiary/aromatic N) is 3. The van der Waals surface area contributed by atoms with E-state index < -0.39 is 0 Å². The van der Waals surface area contributed by atoms with Crippen molar-refractivity contribution in [2.45, 2.75) is 39.0 Å². The second kappa shape index (κ2) is 8.30. The van der Waals surface area contributed by atoms with Gasteiger partial charge in [-0.3, -0.25) is 4.79 Å². The van der Waals surface area contributed by atoms with Crippen molar-refractivity contribution < 1.29 is 9.53 Å². The van der Waals surface area contributed by atoms with Gasteiger partial charge in [-0.05, 0) is 43.7 Å². The molecular formula is C24H28N6O2S. The number of carbonyl (C=O) groups excluding carboxylic acids is 1. The maximum Gasteiger partial charge on any atom is 0.229 e. The van der Waals surface area contributed by atoms with Crippen molar-refractivity contribution in [3.05, 3.63) is 34.5 Å². The first-order chi connectivity index (χ1) is 16.0. The van der Waals surface area contributed by atoms with Crippen LogP contribution in [-0.4, -0.2) is 47.2 Å². The number of carbonyl (C=O) groups is 1. The molecule has 1 unspecified atom stereocenters. The number of ether oxygens (including phenoxy) is 1. The second-order valence-electron chi connectivity index (χ2n) is 8.81. The van der Waals surface area contributed by atoms with Crippen LogP contribution in [0.5, 0.6) is 5.75 Å². The first-order valence-corrected chi connectivity index (χ1v) is 12.1. The molecule has 1 amide bonds. The molecule has 0 saturated carbocycles. The Labute approximate surface area is 196 Å². The van der Waals surface area contributed by atoms with Crippen molar-refractivity contribution in [3.8, 4) is 5.75 Å². The van der Waals surface area contributed by atoms with Crippen molar-refractivity contribution in [1.82, 2.24) is 14.9 Å². The summed E-state index contributed by atoms with van der Waals surface area (Å²) in [4.78, 5) is 26.5. The molecule has 1 saturated heterocycles. The number of thiophene rings is 1. The Morgan fingerprint density at radius 2 is 2.21 bits per heavy atom. The number of aryl methyl sites for hydroxylation is 1. The number of methoxy groups -OCH3 is 1. The zero-order valence-corrected chi connectivity index (χ0v) is 19.7. The third kappa shape index (κ3) is 3.51. The van der Waals surface area contributed by atoms with E-state index in [4.69, 9.17) is 15.9 Å². The minimum Gasteiger partial charge on any atom is -0.494 e. The van der Waals surface area contributed by atoms with E-state index >= 15 is 0 Å². The summed E-state index contributed by atoms with van der Waals surface area (Å²) in [7, 11) is 1.59. The lowest BCUT2D eigenvalue weighted by Crippen LogP contribution is -2.51. The van der Waals surface area contributed by atoms with Gasteiger partial charge in [0.25, 0.3) is 0 Å². The maximum absolute atomic E-state index is 13.3. The molecule has 3 aromatic rings. The highest BCUT2D eigenvalue weighted by molar-refractivity contribution is 7.19. The van der Waals surface area contributed by atoms with E-state index in [1.165, 1.54) is 16.7 Å². The summed E-state index contributed by atoms with van der Waals surface area (Å²) in [6.07, 6.45) is 7.18. The molecule has 5 rings (SSSR count). The minimum atomic E-state index is -0.311.